The van der Waals surface area contributed by atoms with Gasteiger partial charge in [-0.1, -0.05) is 6.07 Å². The molecule has 0 spiro atoms. The van der Waals surface area contributed by atoms with Gasteiger partial charge in [-0.25, -0.2) is 4.39 Å². The molecule has 2 aromatic heterocycles. The van der Waals surface area contributed by atoms with Crippen molar-refractivity contribution in [3.63, 3.8) is 0 Å². The van der Waals surface area contributed by atoms with E-state index in [1.54, 1.807) is 18.3 Å². The summed E-state index contributed by atoms with van der Waals surface area (Å²) in [6.07, 6.45) is 1.75. The van der Waals surface area contributed by atoms with Gasteiger partial charge in [0.05, 0.1) is 5.69 Å². The number of nitrogens with zero attached hydrogens (tertiary/aromatic N) is 2. The molecule has 3 rings (SSSR count). The van der Waals surface area contributed by atoms with Gasteiger partial charge in [0, 0.05) is 23.0 Å². The van der Waals surface area contributed by atoms with Gasteiger partial charge in [-0.2, -0.15) is 5.10 Å². The normalized spacial score (nSPS) is 10.6. The highest BCUT2D eigenvalue weighted by atomic mass is 19.1. The number of nitrogens with one attached hydrogen (secondary N) is 1. The van der Waals surface area contributed by atoms with Crippen LogP contribution in [-0.4, -0.2) is 15.2 Å². The number of aromatic amines is 1. The summed E-state index contributed by atoms with van der Waals surface area (Å²) in [6, 6.07) is 12.0. The molecule has 0 saturated heterocycles. The molecular weight excluding hydrogens is 241 g/mol. The quantitative estimate of drug-likeness (QED) is 0.758. The summed E-state index contributed by atoms with van der Waals surface area (Å²) in [5, 5.41) is 7.27. The minimum atomic E-state index is -0.254. The lowest BCUT2D eigenvalue weighted by molar-refractivity contribution is 0.628. The van der Waals surface area contributed by atoms with Gasteiger partial charge in [-0.3, -0.25) is 10.1 Å². The molecule has 0 bridgehead atoms. The topological polar surface area (TPSA) is 41.6 Å². The third kappa shape index (κ3) is 2.12. The molecule has 0 unspecified atom stereocenters. The van der Waals surface area contributed by atoms with Gasteiger partial charge in [0.2, 0.25) is 0 Å². The summed E-state index contributed by atoms with van der Waals surface area (Å²) in [7, 11) is 0. The minimum absolute atomic E-state index is 0.254. The Morgan fingerprint density at radius 2 is 1.84 bits per heavy atom. The van der Waals surface area contributed by atoms with Crippen LogP contribution in [0, 0.1) is 12.7 Å². The number of hydrogen-bond acceptors (Lipinski definition) is 2. The molecule has 0 fully saturated rings. The van der Waals surface area contributed by atoms with Crippen molar-refractivity contribution in [2.45, 2.75) is 6.92 Å². The zero-order valence-electron chi connectivity index (χ0n) is 10.4. The predicted octanol–water partition coefficient (Wildman–Crippen LogP) is 3.59. The average Bonchev–Trinajstić information content (AvgIpc) is 2.82. The fourth-order valence-corrected chi connectivity index (χ4v) is 2.07. The summed E-state index contributed by atoms with van der Waals surface area (Å²) >= 11 is 0. The van der Waals surface area contributed by atoms with E-state index in [9.17, 15) is 4.39 Å². The first-order valence-electron chi connectivity index (χ1n) is 5.98. The summed E-state index contributed by atoms with van der Waals surface area (Å²) in [6.45, 7) is 1.95. The first-order chi connectivity index (χ1) is 9.25. The van der Waals surface area contributed by atoms with Crippen LogP contribution < -0.4 is 0 Å². The van der Waals surface area contributed by atoms with Gasteiger partial charge >= 0.3 is 0 Å². The zero-order valence-corrected chi connectivity index (χ0v) is 10.4. The molecule has 0 atom stereocenters. The highest BCUT2D eigenvalue weighted by Gasteiger charge is 2.14. The van der Waals surface area contributed by atoms with E-state index in [-0.39, 0.29) is 5.82 Å². The molecule has 0 aliphatic rings. The number of hydrogen-bond donors (Lipinski definition) is 1. The van der Waals surface area contributed by atoms with Crippen LogP contribution in [0.2, 0.25) is 0 Å². The van der Waals surface area contributed by atoms with Crippen molar-refractivity contribution in [3.05, 3.63) is 60.2 Å². The molecule has 0 amide bonds. The maximum Gasteiger partial charge on any atom is 0.123 e. The summed E-state index contributed by atoms with van der Waals surface area (Å²) in [4.78, 5) is 4.35. The molecule has 0 aliphatic heterocycles. The molecule has 4 heteroatoms. The van der Waals surface area contributed by atoms with Crippen LogP contribution in [0.5, 0.6) is 0 Å². The van der Waals surface area contributed by atoms with E-state index in [0.29, 0.717) is 0 Å². The van der Waals surface area contributed by atoms with Crippen molar-refractivity contribution in [3.8, 4) is 22.5 Å². The standard InChI is InChI=1S/C15H12FN3/c1-10-14(13-4-2-3-9-17-13)15(19-18-10)11-5-7-12(16)8-6-11/h2-9H,1H3,(H,18,19). The van der Waals surface area contributed by atoms with Crippen molar-refractivity contribution < 1.29 is 4.39 Å². The Morgan fingerprint density at radius 3 is 2.53 bits per heavy atom. The fourth-order valence-electron chi connectivity index (χ4n) is 2.07. The smallest absolute Gasteiger partial charge is 0.123 e. The van der Waals surface area contributed by atoms with Crippen LogP contribution in [0.3, 0.4) is 0 Å². The van der Waals surface area contributed by atoms with Gasteiger partial charge in [-0.05, 0) is 43.3 Å². The van der Waals surface area contributed by atoms with E-state index in [1.165, 1.54) is 12.1 Å². The summed E-state index contributed by atoms with van der Waals surface area (Å²) < 4.78 is 13.0. The highest BCUT2D eigenvalue weighted by molar-refractivity contribution is 5.80. The Bertz CT molecular complexity index is 687. The average molecular weight is 253 g/mol. The number of H-pyrrole nitrogens is 1. The second-order valence-corrected chi connectivity index (χ2v) is 4.29. The van der Waals surface area contributed by atoms with Crippen molar-refractivity contribution in [2.24, 2.45) is 0 Å². The van der Waals surface area contributed by atoms with Crippen LogP contribution in [0.25, 0.3) is 22.5 Å². The number of benzene rings is 1. The van der Waals surface area contributed by atoms with E-state index in [2.05, 4.69) is 15.2 Å². The van der Waals surface area contributed by atoms with E-state index >= 15 is 0 Å². The molecular formula is C15H12FN3. The number of pyridine rings is 1. The van der Waals surface area contributed by atoms with Crippen molar-refractivity contribution in [1.82, 2.24) is 15.2 Å². The number of halogens is 1. The van der Waals surface area contributed by atoms with E-state index < -0.39 is 0 Å². The van der Waals surface area contributed by atoms with Crippen LogP contribution >= 0.6 is 0 Å². The Morgan fingerprint density at radius 1 is 1.05 bits per heavy atom. The van der Waals surface area contributed by atoms with Crippen molar-refractivity contribution >= 4 is 0 Å². The molecule has 1 N–H and O–H groups in total. The summed E-state index contributed by atoms with van der Waals surface area (Å²) in [5.74, 6) is -0.254. The Hall–Kier alpha value is -2.49. The Labute approximate surface area is 110 Å². The Balaban J connectivity index is 2.16. The predicted molar refractivity (Wildman–Crippen MR) is 71.9 cm³/mol. The van der Waals surface area contributed by atoms with Gasteiger partial charge in [0.15, 0.2) is 0 Å². The van der Waals surface area contributed by atoms with E-state index in [0.717, 1.165) is 28.2 Å². The molecule has 94 valence electrons. The second kappa shape index (κ2) is 4.65. The first kappa shape index (κ1) is 11.6. The largest absolute Gasteiger partial charge is 0.282 e. The lowest BCUT2D eigenvalue weighted by Gasteiger charge is -2.03. The first-order valence-corrected chi connectivity index (χ1v) is 5.98. The second-order valence-electron chi connectivity index (χ2n) is 4.29. The van der Waals surface area contributed by atoms with Crippen LogP contribution in [0.4, 0.5) is 4.39 Å². The van der Waals surface area contributed by atoms with Gasteiger partial charge in [-0.15, -0.1) is 0 Å². The molecule has 0 saturated carbocycles. The maximum atomic E-state index is 13.0. The Kier molecular flexibility index (Phi) is 2.83. The van der Waals surface area contributed by atoms with Gasteiger partial charge in [0.1, 0.15) is 11.5 Å². The SMILES string of the molecule is Cc1[nH]nc(-c2ccc(F)cc2)c1-c1ccccn1. The molecule has 1 aromatic carbocycles. The minimum Gasteiger partial charge on any atom is -0.282 e. The van der Waals surface area contributed by atoms with Crippen molar-refractivity contribution in [2.75, 3.05) is 0 Å². The van der Waals surface area contributed by atoms with Crippen molar-refractivity contribution in [1.29, 1.82) is 0 Å². The maximum absolute atomic E-state index is 13.0. The van der Waals surface area contributed by atoms with Crippen LogP contribution in [0.1, 0.15) is 5.69 Å². The fraction of sp³-hybridized carbons (Fsp3) is 0.0667. The number of rotatable bonds is 2. The monoisotopic (exact) mass is 253 g/mol. The van der Waals surface area contributed by atoms with E-state index in [4.69, 9.17) is 0 Å². The van der Waals surface area contributed by atoms with Gasteiger partial charge < -0.3 is 0 Å². The highest BCUT2D eigenvalue weighted by Crippen LogP contribution is 2.31. The van der Waals surface area contributed by atoms with Crippen LogP contribution in [-0.2, 0) is 0 Å². The molecule has 3 aromatic rings. The third-order valence-electron chi connectivity index (χ3n) is 2.99. The molecule has 0 radical (unpaired) electrons. The van der Waals surface area contributed by atoms with Gasteiger partial charge in [0.25, 0.3) is 0 Å². The number of aryl methyl sites for hydroxylation is 1. The lowest BCUT2D eigenvalue weighted by Crippen LogP contribution is -1.87. The number of aromatic nitrogens is 3. The van der Waals surface area contributed by atoms with E-state index in [1.807, 2.05) is 25.1 Å². The third-order valence-corrected chi connectivity index (χ3v) is 2.99. The molecule has 0 aliphatic carbocycles. The molecule has 2 heterocycles. The zero-order chi connectivity index (χ0) is 13.2. The molecule has 19 heavy (non-hydrogen) atoms. The van der Waals surface area contributed by atoms with Crippen LogP contribution in [0.15, 0.2) is 48.7 Å². The summed E-state index contributed by atoms with van der Waals surface area (Å²) in [5.41, 5.74) is 4.40. The lowest BCUT2D eigenvalue weighted by atomic mass is 10.0. The molecule has 3 nitrogen and oxygen atoms in total.